The molecule has 8 heteroatoms. The molecule has 0 radical (unpaired) electrons. The maximum atomic E-state index is 12.5. The van der Waals surface area contributed by atoms with Crippen molar-refractivity contribution in [1.29, 1.82) is 0 Å². The number of hydrogen-bond acceptors (Lipinski definition) is 5. The lowest BCUT2D eigenvalue weighted by atomic mass is 9.90. The van der Waals surface area contributed by atoms with Gasteiger partial charge in [-0.15, -0.1) is 0 Å². The molecule has 0 amide bonds. The second kappa shape index (κ2) is 12.9. The summed E-state index contributed by atoms with van der Waals surface area (Å²) in [5.74, 6) is 2.82. The van der Waals surface area contributed by atoms with Gasteiger partial charge in [-0.25, -0.2) is 4.79 Å². The average molecular weight is 674 g/mol. The summed E-state index contributed by atoms with van der Waals surface area (Å²) in [7, 11) is 9.33. The molecule has 8 rings (SSSR count). The Morgan fingerprint density at radius 2 is 1.56 bits per heavy atom. The largest absolute Gasteiger partial charge is 0.485 e. The van der Waals surface area contributed by atoms with E-state index in [1.807, 2.05) is 36.4 Å². The van der Waals surface area contributed by atoms with Crippen LogP contribution in [0.15, 0.2) is 100 Å². The molecule has 3 aliphatic rings. The number of para-hydroxylation sites is 3. The summed E-state index contributed by atoms with van der Waals surface area (Å²) in [4.78, 5) is 14.8. The normalized spacial score (nSPS) is 16.6. The molecule has 3 aromatic carbocycles. The van der Waals surface area contributed by atoms with Crippen LogP contribution in [0.25, 0.3) is 27.4 Å². The molecule has 1 atom stereocenters. The van der Waals surface area contributed by atoms with Crippen LogP contribution in [0, 0.1) is 0 Å². The number of rotatable bonds is 12. The SMILES string of the molecule is C[N+](C)(CCCc1cc2ccccc2oc1=O)CCC[N+](C)(C)CCC[n+]1ccc2c3c(cccc31)OC1CCN3C(=C21)Oc1ccccc13. The first-order valence-corrected chi connectivity index (χ1v) is 18.2. The minimum Gasteiger partial charge on any atom is -0.485 e. The van der Waals surface area contributed by atoms with Crippen molar-refractivity contribution in [3.63, 3.8) is 0 Å². The van der Waals surface area contributed by atoms with Crippen LogP contribution >= 0.6 is 0 Å². The molecule has 258 valence electrons. The minimum atomic E-state index is -0.204. The predicted molar refractivity (Wildman–Crippen MR) is 198 cm³/mol. The summed E-state index contributed by atoms with van der Waals surface area (Å²) in [6.45, 7) is 6.22. The predicted octanol–water partition coefficient (Wildman–Crippen LogP) is 6.53. The molecule has 0 N–H and O–H groups in total. The van der Waals surface area contributed by atoms with E-state index in [0.29, 0.717) is 5.58 Å². The average Bonchev–Trinajstić information content (AvgIpc) is 3.48. The van der Waals surface area contributed by atoms with Crippen molar-refractivity contribution in [1.82, 2.24) is 0 Å². The highest BCUT2D eigenvalue weighted by molar-refractivity contribution is 5.99. The zero-order valence-electron chi connectivity index (χ0n) is 29.9. The topological polar surface area (TPSA) is 55.8 Å². The molecular formula is C42H49N4O4+3. The standard InChI is InChI=1S/C42H49N4O4/c1-45(2,25-10-14-31-29-30-13-5-7-17-35(30)50-42(31)47)27-12-28-46(3,4)26-11-22-43-23-20-32-39-34(43)16-9-19-37(39)48-38-21-24-44-33-15-6-8-18-36(33)49-41(44)40(32)38/h5-9,13,15-20,23,29,38H,10-12,14,21-22,24-28H2,1-4H3/q+3. The van der Waals surface area contributed by atoms with Crippen LogP contribution < -0.4 is 24.6 Å². The van der Waals surface area contributed by atoms with Gasteiger partial charge in [0.2, 0.25) is 11.4 Å². The maximum Gasteiger partial charge on any atom is 0.339 e. The van der Waals surface area contributed by atoms with E-state index in [0.717, 1.165) is 114 Å². The smallest absolute Gasteiger partial charge is 0.339 e. The molecule has 8 nitrogen and oxygen atoms in total. The highest BCUT2D eigenvalue weighted by atomic mass is 16.5. The van der Waals surface area contributed by atoms with E-state index in [-0.39, 0.29) is 11.7 Å². The molecule has 0 saturated carbocycles. The van der Waals surface area contributed by atoms with Crippen LogP contribution in [0.4, 0.5) is 5.69 Å². The summed E-state index contributed by atoms with van der Waals surface area (Å²) < 4.78 is 23.0. The number of pyridine rings is 1. The van der Waals surface area contributed by atoms with Gasteiger partial charge < -0.3 is 27.8 Å². The molecule has 50 heavy (non-hydrogen) atoms. The summed E-state index contributed by atoms with van der Waals surface area (Å²) in [5.41, 5.74) is 5.98. The summed E-state index contributed by atoms with van der Waals surface area (Å²) in [6.07, 6.45) is 7.14. The second-order valence-corrected chi connectivity index (χ2v) is 15.6. The third kappa shape index (κ3) is 6.27. The van der Waals surface area contributed by atoms with Crippen LogP contribution in [0.1, 0.15) is 36.8 Å². The van der Waals surface area contributed by atoms with Crippen LogP contribution in [-0.4, -0.2) is 76.0 Å². The first kappa shape index (κ1) is 32.5. The highest BCUT2D eigenvalue weighted by Crippen LogP contribution is 2.49. The number of fused-ring (bicyclic) bond motifs is 6. The van der Waals surface area contributed by atoms with Crippen molar-refractivity contribution in [3.05, 3.63) is 112 Å². The quantitative estimate of drug-likeness (QED) is 0.0857. The monoisotopic (exact) mass is 673 g/mol. The van der Waals surface area contributed by atoms with Gasteiger partial charge in [0.05, 0.1) is 77.4 Å². The summed E-state index contributed by atoms with van der Waals surface area (Å²) >= 11 is 0. The molecule has 5 heterocycles. The zero-order chi connectivity index (χ0) is 34.5. The third-order valence-electron chi connectivity index (χ3n) is 11.0. The fraction of sp³-hybridized carbons (Fsp3) is 0.381. The number of nitrogens with zero attached hydrogens (tertiary/aromatic N) is 4. The zero-order valence-corrected chi connectivity index (χ0v) is 29.9. The molecule has 1 unspecified atom stereocenters. The lowest BCUT2D eigenvalue weighted by Crippen LogP contribution is -2.47. The van der Waals surface area contributed by atoms with Gasteiger partial charge >= 0.3 is 5.63 Å². The molecule has 0 fully saturated rings. The van der Waals surface area contributed by atoms with Crippen molar-refractivity contribution in [3.8, 4) is 11.5 Å². The molecular weight excluding hydrogens is 624 g/mol. The van der Waals surface area contributed by atoms with E-state index in [2.05, 4.69) is 86.3 Å². The number of aromatic nitrogens is 1. The molecule has 3 aliphatic heterocycles. The molecule has 0 saturated heterocycles. The molecule has 0 spiro atoms. The van der Waals surface area contributed by atoms with Gasteiger partial charge in [-0.1, -0.05) is 36.4 Å². The van der Waals surface area contributed by atoms with Crippen LogP contribution in [0.3, 0.4) is 0 Å². The first-order valence-electron chi connectivity index (χ1n) is 18.2. The van der Waals surface area contributed by atoms with E-state index >= 15 is 0 Å². The number of aryl methyl sites for hydroxylation is 2. The van der Waals surface area contributed by atoms with Gasteiger partial charge in [-0.3, -0.25) is 0 Å². The van der Waals surface area contributed by atoms with Crippen molar-refractivity contribution in [2.45, 2.75) is 44.8 Å². The van der Waals surface area contributed by atoms with E-state index in [4.69, 9.17) is 13.9 Å². The number of benzene rings is 3. The minimum absolute atomic E-state index is 0.00234. The van der Waals surface area contributed by atoms with Crippen molar-refractivity contribution in [2.75, 3.05) is 65.8 Å². The fourth-order valence-electron chi connectivity index (χ4n) is 8.22. The maximum absolute atomic E-state index is 12.5. The number of quaternary nitrogens is 2. The lowest BCUT2D eigenvalue weighted by Gasteiger charge is -2.35. The fourth-order valence-corrected chi connectivity index (χ4v) is 8.22. The molecule has 0 aliphatic carbocycles. The molecule has 5 aromatic rings. The third-order valence-corrected chi connectivity index (χ3v) is 11.0. The Balaban J connectivity index is 0.874. The Bertz CT molecular complexity index is 2170. The van der Waals surface area contributed by atoms with Gasteiger partial charge in [-0.2, -0.15) is 4.57 Å². The molecule has 0 bridgehead atoms. The Morgan fingerprint density at radius 1 is 0.820 bits per heavy atom. The number of hydrogen-bond donors (Lipinski definition) is 0. The van der Waals surface area contributed by atoms with Gasteiger partial charge in [0.15, 0.2) is 18.5 Å². The Morgan fingerprint density at radius 3 is 2.42 bits per heavy atom. The van der Waals surface area contributed by atoms with Crippen molar-refractivity contribution in [2.24, 2.45) is 0 Å². The van der Waals surface area contributed by atoms with Gasteiger partial charge in [0.25, 0.3) is 0 Å². The van der Waals surface area contributed by atoms with Gasteiger partial charge in [-0.05, 0) is 36.8 Å². The van der Waals surface area contributed by atoms with Crippen molar-refractivity contribution >= 4 is 33.1 Å². The van der Waals surface area contributed by atoms with Gasteiger partial charge in [0, 0.05) is 54.5 Å². The van der Waals surface area contributed by atoms with E-state index in [9.17, 15) is 4.79 Å². The molecule has 2 aromatic heterocycles. The van der Waals surface area contributed by atoms with E-state index < -0.39 is 0 Å². The van der Waals surface area contributed by atoms with Gasteiger partial charge in [0.1, 0.15) is 17.4 Å². The van der Waals surface area contributed by atoms with Crippen LogP contribution in [-0.2, 0) is 13.0 Å². The summed E-state index contributed by atoms with van der Waals surface area (Å²) in [6, 6.07) is 26.8. The first-order chi connectivity index (χ1) is 24.2. The second-order valence-electron chi connectivity index (χ2n) is 15.6. The van der Waals surface area contributed by atoms with E-state index in [1.165, 1.54) is 22.0 Å². The van der Waals surface area contributed by atoms with E-state index in [1.54, 1.807) is 0 Å². The van der Waals surface area contributed by atoms with Crippen LogP contribution in [0.2, 0.25) is 0 Å². The van der Waals surface area contributed by atoms with Crippen LogP contribution in [0.5, 0.6) is 11.5 Å². The Hall–Kier alpha value is -4.66. The number of anilines is 1. The summed E-state index contributed by atoms with van der Waals surface area (Å²) in [5, 5.41) is 2.18. The lowest BCUT2D eigenvalue weighted by molar-refractivity contribution is -0.910. The Kier molecular flexibility index (Phi) is 8.40. The number of ether oxygens (including phenoxy) is 2. The van der Waals surface area contributed by atoms with Crippen molar-refractivity contribution < 1.29 is 27.4 Å². The highest BCUT2D eigenvalue weighted by Gasteiger charge is 2.41. The Labute approximate surface area is 294 Å².